The van der Waals surface area contributed by atoms with Crippen LogP contribution in [0.5, 0.6) is 11.5 Å². The van der Waals surface area contributed by atoms with Gasteiger partial charge in [-0.2, -0.15) is 0 Å². The first kappa shape index (κ1) is 11.0. The van der Waals surface area contributed by atoms with Crippen LogP contribution in [0.15, 0.2) is 29.8 Å². The van der Waals surface area contributed by atoms with E-state index in [-0.39, 0.29) is 0 Å². The number of hydrogen-bond donors (Lipinski definition) is 1. The Hall–Kier alpha value is -1.48. The standard InChI is InChI=1S/C13H16O3/c1-9(2)5-6-15-10-3-4-11-12(14)8-16-13(11)7-10/h3-5,7,12,14H,6,8H2,1-2H3. The Bertz CT molecular complexity index is 406. The van der Waals surface area contributed by atoms with E-state index in [9.17, 15) is 5.11 Å². The highest BCUT2D eigenvalue weighted by molar-refractivity contribution is 5.44. The highest BCUT2D eigenvalue weighted by Crippen LogP contribution is 2.34. The number of rotatable bonds is 3. The maximum atomic E-state index is 9.55. The molecule has 86 valence electrons. The van der Waals surface area contributed by atoms with Crippen molar-refractivity contribution in [3.05, 3.63) is 35.4 Å². The number of hydrogen-bond acceptors (Lipinski definition) is 3. The van der Waals surface area contributed by atoms with E-state index in [2.05, 4.69) is 0 Å². The van der Waals surface area contributed by atoms with Crippen LogP contribution in [0, 0.1) is 0 Å². The number of benzene rings is 1. The molecule has 0 aliphatic carbocycles. The number of aliphatic hydroxyl groups is 1. The van der Waals surface area contributed by atoms with E-state index < -0.39 is 6.10 Å². The van der Waals surface area contributed by atoms with Gasteiger partial charge >= 0.3 is 0 Å². The molecule has 3 heteroatoms. The molecule has 0 saturated carbocycles. The van der Waals surface area contributed by atoms with Crippen LogP contribution in [0.1, 0.15) is 25.5 Å². The van der Waals surface area contributed by atoms with E-state index in [1.165, 1.54) is 5.57 Å². The zero-order chi connectivity index (χ0) is 11.5. The molecule has 0 aromatic heterocycles. The summed E-state index contributed by atoms with van der Waals surface area (Å²) < 4.78 is 10.9. The van der Waals surface area contributed by atoms with Crippen LogP contribution in [-0.4, -0.2) is 18.3 Å². The molecular weight excluding hydrogens is 204 g/mol. The fraction of sp³-hybridized carbons (Fsp3) is 0.385. The molecule has 2 rings (SSSR count). The van der Waals surface area contributed by atoms with Crippen LogP contribution >= 0.6 is 0 Å². The Balaban J connectivity index is 2.05. The molecule has 16 heavy (non-hydrogen) atoms. The van der Waals surface area contributed by atoms with Crippen molar-refractivity contribution in [3.63, 3.8) is 0 Å². The molecular formula is C13H16O3. The van der Waals surface area contributed by atoms with E-state index >= 15 is 0 Å². The third-order valence-corrected chi connectivity index (χ3v) is 2.48. The van der Waals surface area contributed by atoms with Gasteiger partial charge < -0.3 is 14.6 Å². The zero-order valence-corrected chi connectivity index (χ0v) is 9.56. The van der Waals surface area contributed by atoms with E-state index in [0.717, 1.165) is 17.1 Å². The summed E-state index contributed by atoms with van der Waals surface area (Å²) in [5, 5.41) is 9.55. The Morgan fingerprint density at radius 2 is 2.38 bits per heavy atom. The van der Waals surface area contributed by atoms with Gasteiger partial charge in [0.15, 0.2) is 0 Å². The first-order chi connectivity index (χ1) is 7.66. The monoisotopic (exact) mass is 220 g/mol. The number of fused-ring (bicyclic) bond motifs is 1. The Morgan fingerprint density at radius 3 is 3.12 bits per heavy atom. The minimum absolute atomic E-state index is 0.340. The van der Waals surface area contributed by atoms with Crippen LogP contribution < -0.4 is 9.47 Å². The summed E-state index contributed by atoms with van der Waals surface area (Å²) >= 11 is 0. The molecule has 0 radical (unpaired) electrons. The molecule has 1 aliphatic rings. The molecule has 3 nitrogen and oxygen atoms in total. The van der Waals surface area contributed by atoms with Crippen LogP contribution in [-0.2, 0) is 0 Å². The Kier molecular flexibility index (Phi) is 3.15. The first-order valence-electron chi connectivity index (χ1n) is 5.38. The van der Waals surface area contributed by atoms with Gasteiger partial charge in [-0.3, -0.25) is 0 Å². The second-order valence-electron chi connectivity index (χ2n) is 4.12. The minimum atomic E-state index is -0.498. The molecule has 1 atom stereocenters. The summed E-state index contributed by atoms with van der Waals surface area (Å²) in [6.45, 7) is 4.97. The molecule has 1 heterocycles. The molecule has 0 amide bonds. The predicted molar refractivity (Wildman–Crippen MR) is 61.8 cm³/mol. The molecule has 0 bridgehead atoms. The lowest BCUT2D eigenvalue weighted by Gasteiger charge is -2.06. The lowest BCUT2D eigenvalue weighted by molar-refractivity contribution is 0.140. The third-order valence-electron chi connectivity index (χ3n) is 2.48. The topological polar surface area (TPSA) is 38.7 Å². The fourth-order valence-electron chi connectivity index (χ4n) is 1.57. The number of aliphatic hydroxyl groups excluding tert-OH is 1. The summed E-state index contributed by atoms with van der Waals surface area (Å²) in [5.74, 6) is 1.49. The molecule has 1 N–H and O–H groups in total. The molecule has 1 unspecified atom stereocenters. The van der Waals surface area contributed by atoms with Gasteiger partial charge in [0, 0.05) is 11.6 Å². The predicted octanol–water partition coefficient (Wildman–Crippen LogP) is 2.46. The van der Waals surface area contributed by atoms with Crippen molar-refractivity contribution in [1.29, 1.82) is 0 Å². The molecule has 1 aromatic carbocycles. The van der Waals surface area contributed by atoms with Gasteiger partial charge in [-0.05, 0) is 32.1 Å². The van der Waals surface area contributed by atoms with Crippen LogP contribution in [0.25, 0.3) is 0 Å². The summed E-state index contributed by atoms with van der Waals surface area (Å²) in [6.07, 6.45) is 1.52. The van der Waals surface area contributed by atoms with Gasteiger partial charge in [-0.1, -0.05) is 5.57 Å². The average molecular weight is 220 g/mol. The highest BCUT2D eigenvalue weighted by Gasteiger charge is 2.21. The molecule has 1 aliphatic heterocycles. The van der Waals surface area contributed by atoms with Crippen molar-refractivity contribution in [2.24, 2.45) is 0 Å². The van der Waals surface area contributed by atoms with Gasteiger partial charge in [0.1, 0.15) is 30.8 Å². The number of allylic oxidation sites excluding steroid dienone is 1. The average Bonchev–Trinajstić information content (AvgIpc) is 2.60. The molecule has 0 saturated heterocycles. The van der Waals surface area contributed by atoms with Gasteiger partial charge in [-0.15, -0.1) is 0 Å². The quantitative estimate of drug-likeness (QED) is 0.795. The number of ether oxygens (including phenoxy) is 2. The fourth-order valence-corrected chi connectivity index (χ4v) is 1.57. The summed E-state index contributed by atoms with van der Waals surface area (Å²) in [5.41, 5.74) is 2.07. The molecule has 1 aromatic rings. The maximum Gasteiger partial charge on any atom is 0.129 e. The highest BCUT2D eigenvalue weighted by atomic mass is 16.5. The molecule has 0 fully saturated rings. The van der Waals surface area contributed by atoms with Crippen molar-refractivity contribution in [2.75, 3.05) is 13.2 Å². The molecule has 0 spiro atoms. The van der Waals surface area contributed by atoms with Crippen molar-refractivity contribution < 1.29 is 14.6 Å². The lowest BCUT2D eigenvalue weighted by atomic mass is 10.1. The van der Waals surface area contributed by atoms with E-state index in [4.69, 9.17) is 9.47 Å². The third kappa shape index (κ3) is 2.36. The van der Waals surface area contributed by atoms with Crippen molar-refractivity contribution >= 4 is 0 Å². The Labute approximate surface area is 95.3 Å². The second-order valence-corrected chi connectivity index (χ2v) is 4.12. The van der Waals surface area contributed by atoms with Crippen molar-refractivity contribution in [2.45, 2.75) is 20.0 Å². The van der Waals surface area contributed by atoms with E-state index in [0.29, 0.717) is 13.2 Å². The van der Waals surface area contributed by atoms with Gasteiger partial charge in [0.25, 0.3) is 0 Å². The smallest absolute Gasteiger partial charge is 0.129 e. The van der Waals surface area contributed by atoms with Gasteiger partial charge in [0.2, 0.25) is 0 Å². The second kappa shape index (κ2) is 4.58. The van der Waals surface area contributed by atoms with Crippen LogP contribution in [0.2, 0.25) is 0 Å². The summed E-state index contributed by atoms with van der Waals surface area (Å²) in [6, 6.07) is 5.53. The van der Waals surface area contributed by atoms with E-state index in [1.54, 1.807) is 0 Å². The Morgan fingerprint density at radius 1 is 1.56 bits per heavy atom. The largest absolute Gasteiger partial charge is 0.490 e. The minimum Gasteiger partial charge on any atom is -0.490 e. The summed E-state index contributed by atoms with van der Waals surface area (Å²) in [7, 11) is 0. The van der Waals surface area contributed by atoms with Crippen molar-refractivity contribution in [3.8, 4) is 11.5 Å². The van der Waals surface area contributed by atoms with Gasteiger partial charge in [-0.25, -0.2) is 0 Å². The van der Waals surface area contributed by atoms with Gasteiger partial charge in [0.05, 0.1) is 0 Å². The first-order valence-corrected chi connectivity index (χ1v) is 5.38. The zero-order valence-electron chi connectivity index (χ0n) is 9.56. The van der Waals surface area contributed by atoms with Crippen molar-refractivity contribution in [1.82, 2.24) is 0 Å². The summed E-state index contributed by atoms with van der Waals surface area (Å²) in [4.78, 5) is 0. The maximum absolute atomic E-state index is 9.55. The van der Waals surface area contributed by atoms with Crippen LogP contribution in [0.4, 0.5) is 0 Å². The van der Waals surface area contributed by atoms with Crippen LogP contribution in [0.3, 0.4) is 0 Å². The lowest BCUT2D eigenvalue weighted by Crippen LogP contribution is -1.97. The normalized spacial score (nSPS) is 17.6. The van der Waals surface area contributed by atoms with E-state index in [1.807, 2.05) is 38.1 Å². The SMILES string of the molecule is CC(C)=CCOc1ccc2c(c1)OCC2O.